The first-order valence-corrected chi connectivity index (χ1v) is 4.19. The molecule has 0 saturated heterocycles. The van der Waals surface area contributed by atoms with Crippen LogP contribution >= 0.6 is 12.4 Å². The molecule has 0 fully saturated rings. The maximum atomic E-state index is 12.9. The van der Waals surface area contributed by atoms with Crippen LogP contribution in [0.1, 0.15) is 28.9 Å². The third-order valence-corrected chi connectivity index (χ3v) is 1.91. The van der Waals surface area contributed by atoms with E-state index in [-0.39, 0.29) is 12.4 Å². The van der Waals surface area contributed by atoms with Crippen LogP contribution in [0.2, 0.25) is 0 Å². The van der Waals surface area contributed by atoms with E-state index in [1.165, 1.54) is 25.3 Å². The van der Waals surface area contributed by atoms with Gasteiger partial charge in [0.25, 0.3) is 0 Å². The van der Waals surface area contributed by atoms with Crippen LogP contribution in [0.15, 0.2) is 18.2 Å². The molecule has 3 nitrogen and oxygen atoms in total. The number of nitrogens with two attached hydrogens (primary N) is 1. The fraction of sp³-hybridized carbons (Fsp3) is 0.300. The monoisotopic (exact) mass is 233 g/mol. The number of methoxy groups -OCH3 is 1. The molecule has 15 heavy (non-hydrogen) atoms. The number of hydrogen-bond acceptors (Lipinski definition) is 3. The molecule has 5 heteroatoms. The van der Waals surface area contributed by atoms with Gasteiger partial charge in [-0.15, -0.1) is 12.4 Å². The zero-order valence-electron chi connectivity index (χ0n) is 8.49. The topological polar surface area (TPSA) is 52.3 Å². The molecular weight excluding hydrogens is 221 g/mol. The molecule has 84 valence electrons. The Bertz CT molecular complexity index is 355. The van der Waals surface area contributed by atoms with E-state index in [0.29, 0.717) is 11.1 Å². The largest absolute Gasteiger partial charge is 0.465 e. The molecule has 1 rings (SSSR count). The fourth-order valence-corrected chi connectivity index (χ4v) is 1.21. The smallest absolute Gasteiger partial charge is 0.338 e. The summed E-state index contributed by atoms with van der Waals surface area (Å²) in [5.41, 5.74) is 6.37. The molecule has 0 saturated carbocycles. The van der Waals surface area contributed by atoms with E-state index in [2.05, 4.69) is 4.74 Å². The van der Waals surface area contributed by atoms with Crippen LogP contribution in [0.25, 0.3) is 0 Å². The first-order chi connectivity index (χ1) is 6.56. The molecule has 0 aliphatic carbocycles. The molecule has 0 aliphatic rings. The molecule has 0 heterocycles. The van der Waals surface area contributed by atoms with E-state index in [4.69, 9.17) is 5.73 Å². The van der Waals surface area contributed by atoms with Gasteiger partial charge in [0.2, 0.25) is 0 Å². The van der Waals surface area contributed by atoms with Gasteiger partial charge in [-0.2, -0.15) is 0 Å². The van der Waals surface area contributed by atoms with E-state index in [1.54, 1.807) is 6.92 Å². The second-order valence-corrected chi connectivity index (χ2v) is 3.01. The number of esters is 1. The lowest BCUT2D eigenvalue weighted by atomic mass is 10.0. The van der Waals surface area contributed by atoms with Crippen LogP contribution in [0.3, 0.4) is 0 Å². The summed E-state index contributed by atoms with van der Waals surface area (Å²) < 4.78 is 17.4. The third-order valence-electron chi connectivity index (χ3n) is 1.91. The molecule has 1 aromatic rings. The minimum Gasteiger partial charge on any atom is -0.465 e. The number of carbonyl (C=O) groups excluding carboxylic acids is 1. The van der Waals surface area contributed by atoms with Crippen molar-refractivity contribution in [3.63, 3.8) is 0 Å². The molecule has 1 atom stereocenters. The quantitative estimate of drug-likeness (QED) is 0.796. The summed E-state index contributed by atoms with van der Waals surface area (Å²) in [6, 6.07) is 3.43. The predicted molar refractivity (Wildman–Crippen MR) is 57.6 cm³/mol. The minimum absolute atomic E-state index is 0. The minimum atomic E-state index is -0.502. The lowest BCUT2D eigenvalue weighted by Gasteiger charge is -2.10. The summed E-state index contributed by atoms with van der Waals surface area (Å²) in [6.07, 6.45) is 0. The van der Waals surface area contributed by atoms with Crippen molar-refractivity contribution in [2.75, 3.05) is 7.11 Å². The molecule has 0 bridgehead atoms. The van der Waals surface area contributed by atoms with Crippen molar-refractivity contribution in [3.05, 3.63) is 35.1 Å². The molecule has 0 aliphatic heterocycles. The molecule has 0 radical (unpaired) electrons. The van der Waals surface area contributed by atoms with Crippen molar-refractivity contribution in [3.8, 4) is 0 Å². The summed E-state index contributed by atoms with van der Waals surface area (Å²) in [5.74, 6) is -0.915. The molecular formula is C10H13ClFNO2. The maximum absolute atomic E-state index is 12.9. The summed E-state index contributed by atoms with van der Waals surface area (Å²) in [5, 5.41) is 0. The summed E-state index contributed by atoms with van der Waals surface area (Å²) >= 11 is 0. The van der Waals surface area contributed by atoms with Gasteiger partial charge in [-0.05, 0) is 30.7 Å². The lowest BCUT2D eigenvalue weighted by molar-refractivity contribution is 0.0599. The zero-order chi connectivity index (χ0) is 10.7. The van der Waals surface area contributed by atoms with Gasteiger partial charge < -0.3 is 10.5 Å². The fourth-order valence-electron chi connectivity index (χ4n) is 1.21. The van der Waals surface area contributed by atoms with Gasteiger partial charge in [0.05, 0.1) is 12.7 Å². The first-order valence-electron chi connectivity index (χ1n) is 4.19. The molecule has 1 aromatic carbocycles. The molecule has 0 spiro atoms. The summed E-state index contributed by atoms with van der Waals surface area (Å²) in [6.45, 7) is 1.68. The summed E-state index contributed by atoms with van der Waals surface area (Å²) in [7, 11) is 1.27. The van der Waals surface area contributed by atoms with E-state index < -0.39 is 17.8 Å². The van der Waals surface area contributed by atoms with Crippen molar-refractivity contribution in [1.82, 2.24) is 0 Å². The van der Waals surface area contributed by atoms with Gasteiger partial charge in [-0.25, -0.2) is 9.18 Å². The average Bonchev–Trinajstić information content (AvgIpc) is 2.16. The normalized spacial score (nSPS) is 11.5. The highest BCUT2D eigenvalue weighted by Gasteiger charge is 2.14. The highest BCUT2D eigenvalue weighted by molar-refractivity contribution is 5.91. The van der Waals surface area contributed by atoms with Gasteiger partial charge in [-0.3, -0.25) is 0 Å². The number of carbonyl (C=O) groups is 1. The van der Waals surface area contributed by atoms with Crippen molar-refractivity contribution in [1.29, 1.82) is 0 Å². The average molecular weight is 234 g/mol. The Balaban J connectivity index is 0.00000196. The van der Waals surface area contributed by atoms with Crippen LogP contribution in [-0.2, 0) is 4.74 Å². The van der Waals surface area contributed by atoms with Crippen molar-refractivity contribution < 1.29 is 13.9 Å². The van der Waals surface area contributed by atoms with Crippen LogP contribution in [-0.4, -0.2) is 13.1 Å². The Hall–Kier alpha value is -1.13. The van der Waals surface area contributed by atoms with Crippen LogP contribution in [0, 0.1) is 5.82 Å². The second-order valence-electron chi connectivity index (χ2n) is 3.01. The number of hydrogen-bond donors (Lipinski definition) is 1. The highest BCUT2D eigenvalue weighted by atomic mass is 35.5. The van der Waals surface area contributed by atoms with Gasteiger partial charge in [0.1, 0.15) is 5.82 Å². The van der Waals surface area contributed by atoms with Crippen LogP contribution < -0.4 is 5.73 Å². The number of benzene rings is 1. The predicted octanol–water partition coefficient (Wildman–Crippen LogP) is 2.05. The van der Waals surface area contributed by atoms with Crippen LogP contribution in [0.5, 0.6) is 0 Å². The van der Waals surface area contributed by atoms with E-state index in [9.17, 15) is 9.18 Å². The van der Waals surface area contributed by atoms with Gasteiger partial charge in [0, 0.05) is 6.04 Å². The lowest BCUT2D eigenvalue weighted by Crippen LogP contribution is -2.13. The van der Waals surface area contributed by atoms with Gasteiger partial charge >= 0.3 is 5.97 Å². The molecule has 0 aromatic heterocycles. The van der Waals surface area contributed by atoms with Crippen molar-refractivity contribution >= 4 is 18.4 Å². The van der Waals surface area contributed by atoms with Crippen LogP contribution in [0.4, 0.5) is 4.39 Å². The Kier molecular flexibility index (Phi) is 5.25. The number of halogens is 2. The van der Waals surface area contributed by atoms with Gasteiger partial charge in [0.15, 0.2) is 0 Å². The standard InChI is InChI=1S/C10H12FNO2.ClH/c1-6(12)9-5-7(11)3-4-8(9)10(13)14-2;/h3-6H,12H2,1-2H3;1H. The van der Waals surface area contributed by atoms with E-state index in [1.807, 2.05) is 0 Å². The third kappa shape index (κ3) is 3.18. The Morgan fingerprint density at radius 2 is 2.13 bits per heavy atom. The zero-order valence-corrected chi connectivity index (χ0v) is 9.31. The number of ether oxygens (including phenoxy) is 1. The Labute approximate surface area is 93.8 Å². The van der Waals surface area contributed by atoms with Gasteiger partial charge in [-0.1, -0.05) is 0 Å². The second kappa shape index (κ2) is 5.68. The van der Waals surface area contributed by atoms with Crippen molar-refractivity contribution in [2.45, 2.75) is 13.0 Å². The number of rotatable bonds is 2. The molecule has 1 unspecified atom stereocenters. The van der Waals surface area contributed by atoms with E-state index in [0.717, 1.165) is 0 Å². The highest BCUT2D eigenvalue weighted by Crippen LogP contribution is 2.18. The SMILES string of the molecule is COC(=O)c1ccc(F)cc1C(C)N.Cl. The molecule has 2 N–H and O–H groups in total. The summed E-state index contributed by atoms with van der Waals surface area (Å²) in [4.78, 5) is 11.2. The maximum Gasteiger partial charge on any atom is 0.338 e. The van der Waals surface area contributed by atoms with Crippen molar-refractivity contribution in [2.24, 2.45) is 5.73 Å². The molecule has 0 amide bonds. The Morgan fingerprint density at radius 1 is 1.53 bits per heavy atom. The Morgan fingerprint density at radius 3 is 2.60 bits per heavy atom. The first kappa shape index (κ1) is 13.9. The van der Waals surface area contributed by atoms with E-state index >= 15 is 0 Å².